The molecule has 4 nitrogen and oxygen atoms in total. The van der Waals surface area contributed by atoms with E-state index in [0.717, 1.165) is 0 Å². The molecular weight excluding hydrogens is 257 g/mol. The first-order chi connectivity index (χ1) is 9.54. The average Bonchev–Trinajstić information content (AvgIpc) is 2.44. The van der Waals surface area contributed by atoms with E-state index in [0.29, 0.717) is 23.5 Å². The molecule has 1 amide bonds. The summed E-state index contributed by atoms with van der Waals surface area (Å²) in [5.41, 5.74) is 7.09. The van der Waals surface area contributed by atoms with Crippen LogP contribution >= 0.6 is 0 Å². The molecule has 0 unspecified atom stereocenters. The molecule has 2 N–H and O–H groups in total. The third kappa shape index (κ3) is 2.61. The number of aryl methyl sites for hydroxylation is 1. The standard InChI is InChI=1S/C15H16FN3O/c1-3-19(12-4-6-18-7-5-12)15(20)13-9-11(17)8-10(2)14(13)16/h4-9H,3,17H2,1-2H3. The maximum Gasteiger partial charge on any atom is 0.261 e. The van der Waals surface area contributed by atoms with E-state index in [-0.39, 0.29) is 5.56 Å². The van der Waals surface area contributed by atoms with Crippen LogP contribution in [0, 0.1) is 12.7 Å². The Bertz CT molecular complexity index is 629. The predicted molar refractivity (Wildman–Crippen MR) is 77.1 cm³/mol. The molecule has 20 heavy (non-hydrogen) atoms. The fourth-order valence-electron chi connectivity index (χ4n) is 2.07. The molecule has 104 valence electrons. The number of hydrogen-bond acceptors (Lipinski definition) is 3. The van der Waals surface area contributed by atoms with Crippen LogP contribution in [0.4, 0.5) is 15.8 Å². The van der Waals surface area contributed by atoms with Crippen LogP contribution in [-0.4, -0.2) is 17.4 Å². The van der Waals surface area contributed by atoms with Gasteiger partial charge in [-0.2, -0.15) is 0 Å². The first kappa shape index (κ1) is 14.0. The highest BCUT2D eigenvalue weighted by molar-refractivity contribution is 6.06. The summed E-state index contributed by atoms with van der Waals surface area (Å²) in [4.78, 5) is 17.9. The van der Waals surface area contributed by atoms with Gasteiger partial charge in [-0.15, -0.1) is 0 Å². The predicted octanol–water partition coefficient (Wildman–Crippen LogP) is 2.78. The summed E-state index contributed by atoms with van der Waals surface area (Å²) in [7, 11) is 0. The number of amides is 1. The molecule has 0 bridgehead atoms. The fraction of sp³-hybridized carbons (Fsp3) is 0.200. The van der Waals surface area contributed by atoms with E-state index in [9.17, 15) is 9.18 Å². The molecule has 0 saturated carbocycles. The van der Waals surface area contributed by atoms with Gasteiger partial charge in [0.1, 0.15) is 5.82 Å². The van der Waals surface area contributed by atoms with Gasteiger partial charge in [-0.1, -0.05) is 0 Å². The second-order valence-corrected chi connectivity index (χ2v) is 4.45. The van der Waals surface area contributed by atoms with Gasteiger partial charge in [-0.25, -0.2) is 4.39 Å². The molecule has 0 spiro atoms. The number of anilines is 2. The average molecular weight is 273 g/mol. The highest BCUT2D eigenvalue weighted by Gasteiger charge is 2.21. The van der Waals surface area contributed by atoms with Crippen LogP contribution < -0.4 is 10.6 Å². The van der Waals surface area contributed by atoms with E-state index >= 15 is 0 Å². The SMILES string of the molecule is CCN(C(=O)c1cc(N)cc(C)c1F)c1ccncc1. The molecule has 1 aromatic heterocycles. The normalized spacial score (nSPS) is 10.3. The van der Waals surface area contributed by atoms with Crippen molar-refractivity contribution in [1.29, 1.82) is 0 Å². The minimum Gasteiger partial charge on any atom is -0.399 e. The Hall–Kier alpha value is -2.43. The summed E-state index contributed by atoms with van der Waals surface area (Å²) in [6.45, 7) is 3.84. The summed E-state index contributed by atoms with van der Waals surface area (Å²) in [6.07, 6.45) is 3.18. The third-order valence-corrected chi connectivity index (χ3v) is 3.04. The number of carbonyl (C=O) groups is 1. The van der Waals surface area contributed by atoms with Crippen LogP contribution in [-0.2, 0) is 0 Å². The van der Waals surface area contributed by atoms with E-state index in [1.165, 1.54) is 17.0 Å². The number of nitrogen functional groups attached to an aromatic ring is 1. The zero-order valence-electron chi connectivity index (χ0n) is 11.4. The smallest absolute Gasteiger partial charge is 0.261 e. The molecule has 0 aliphatic rings. The van der Waals surface area contributed by atoms with Crippen LogP contribution in [0.1, 0.15) is 22.8 Å². The Morgan fingerprint density at radius 3 is 2.60 bits per heavy atom. The molecule has 0 saturated heterocycles. The van der Waals surface area contributed by atoms with Crippen LogP contribution in [0.5, 0.6) is 0 Å². The number of halogens is 1. The summed E-state index contributed by atoms with van der Waals surface area (Å²) in [5, 5.41) is 0. The van der Waals surface area contributed by atoms with Gasteiger partial charge >= 0.3 is 0 Å². The van der Waals surface area contributed by atoms with Crippen molar-refractivity contribution in [2.45, 2.75) is 13.8 Å². The van der Waals surface area contributed by atoms with Gasteiger partial charge < -0.3 is 10.6 Å². The lowest BCUT2D eigenvalue weighted by Gasteiger charge is -2.21. The maximum atomic E-state index is 14.1. The first-order valence-electron chi connectivity index (χ1n) is 6.32. The zero-order chi connectivity index (χ0) is 14.7. The quantitative estimate of drug-likeness (QED) is 0.875. The van der Waals surface area contributed by atoms with Gasteiger partial charge in [0.2, 0.25) is 0 Å². The Balaban J connectivity index is 2.44. The number of pyridine rings is 1. The monoisotopic (exact) mass is 273 g/mol. The Kier molecular flexibility index (Phi) is 3.98. The summed E-state index contributed by atoms with van der Waals surface area (Å²) in [6, 6.07) is 6.29. The van der Waals surface area contributed by atoms with Crippen molar-refractivity contribution < 1.29 is 9.18 Å². The number of carbonyl (C=O) groups excluding carboxylic acids is 1. The highest BCUT2D eigenvalue weighted by atomic mass is 19.1. The molecule has 2 rings (SSSR count). The molecule has 0 aliphatic heterocycles. The number of nitrogens with two attached hydrogens (primary N) is 1. The van der Waals surface area contributed by atoms with E-state index in [4.69, 9.17) is 5.73 Å². The molecule has 2 aromatic rings. The lowest BCUT2D eigenvalue weighted by Crippen LogP contribution is -2.31. The third-order valence-electron chi connectivity index (χ3n) is 3.04. The molecular formula is C15H16FN3O. The van der Waals surface area contributed by atoms with Gasteiger partial charge in [0.05, 0.1) is 5.56 Å². The zero-order valence-corrected chi connectivity index (χ0v) is 11.4. The van der Waals surface area contributed by atoms with Crippen molar-refractivity contribution in [3.05, 3.63) is 53.6 Å². The number of hydrogen-bond donors (Lipinski definition) is 1. The molecule has 0 radical (unpaired) electrons. The van der Waals surface area contributed by atoms with Gasteiger partial charge in [0, 0.05) is 30.3 Å². The largest absolute Gasteiger partial charge is 0.399 e. The first-order valence-corrected chi connectivity index (χ1v) is 6.32. The van der Waals surface area contributed by atoms with Crippen molar-refractivity contribution >= 4 is 17.3 Å². The second kappa shape index (κ2) is 5.69. The Morgan fingerprint density at radius 2 is 2.00 bits per heavy atom. The Morgan fingerprint density at radius 1 is 1.35 bits per heavy atom. The molecule has 1 heterocycles. The molecule has 0 atom stereocenters. The van der Waals surface area contributed by atoms with E-state index in [1.807, 2.05) is 6.92 Å². The van der Waals surface area contributed by atoms with Crippen LogP contribution in [0.25, 0.3) is 0 Å². The van der Waals surface area contributed by atoms with E-state index in [2.05, 4.69) is 4.98 Å². The Labute approximate surface area is 117 Å². The lowest BCUT2D eigenvalue weighted by atomic mass is 10.1. The van der Waals surface area contributed by atoms with Crippen molar-refractivity contribution in [2.75, 3.05) is 17.2 Å². The maximum absolute atomic E-state index is 14.1. The minimum absolute atomic E-state index is 0.0128. The van der Waals surface area contributed by atoms with E-state index < -0.39 is 11.7 Å². The molecule has 5 heteroatoms. The van der Waals surface area contributed by atoms with Crippen LogP contribution in [0.15, 0.2) is 36.7 Å². The van der Waals surface area contributed by atoms with Gasteiger partial charge in [-0.3, -0.25) is 9.78 Å². The molecule has 1 aromatic carbocycles. The summed E-state index contributed by atoms with van der Waals surface area (Å²) in [5.74, 6) is -0.941. The lowest BCUT2D eigenvalue weighted by molar-refractivity contribution is 0.0984. The number of rotatable bonds is 3. The summed E-state index contributed by atoms with van der Waals surface area (Å²) < 4.78 is 14.1. The molecule has 0 fully saturated rings. The van der Waals surface area contributed by atoms with Crippen LogP contribution in [0.2, 0.25) is 0 Å². The van der Waals surface area contributed by atoms with Crippen molar-refractivity contribution in [1.82, 2.24) is 4.98 Å². The second-order valence-electron chi connectivity index (χ2n) is 4.45. The number of benzene rings is 1. The fourth-order valence-corrected chi connectivity index (χ4v) is 2.07. The van der Waals surface area contributed by atoms with Crippen molar-refractivity contribution in [2.24, 2.45) is 0 Å². The summed E-state index contributed by atoms with van der Waals surface area (Å²) >= 11 is 0. The van der Waals surface area contributed by atoms with E-state index in [1.54, 1.807) is 31.5 Å². The van der Waals surface area contributed by atoms with Crippen LogP contribution in [0.3, 0.4) is 0 Å². The number of nitrogens with zero attached hydrogens (tertiary/aromatic N) is 2. The van der Waals surface area contributed by atoms with Gasteiger partial charge in [-0.05, 0) is 43.7 Å². The number of aromatic nitrogens is 1. The topological polar surface area (TPSA) is 59.2 Å². The van der Waals surface area contributed by atoms with Gasteiger partial charge in [0.15, 0.2) is 0 Å². The molecule has 0 aliphatic carbocycles. The van der Waals surface area contributed by atoms with Gasteiger partial charge in [0.25, 0.3) is 5.91 Å². The highest BCUT2D eigenvalue weighted by Crippen LogP contribution is 2.21. The van der Waals surface area contributed by atoms with Crippen molar-refractivity contribution in [3.63, 3.8) is 0 Å². The van der Waals surface area contributed by atoms with Crippen molar-refractivity contribution in [3.8, 4) is 0 Å². The minimum atomic E-state index is -0.531.